The maximum atomic E-state index is 11.3. The average molecular weight is 257 g/mol. The molecule has 2 rings (SSSR count). The number of aromatic hydroxyl groups is 1. The second-order valence-electron chi connectivity index (χ2n) is 4.06. The molecule has 1 fully saturated rings. The maximum absolute atomic E-state index is 11.3. The smallest absolute Gasteiger partial charge is 0.179 e. The molecule has 6 heteroatoms. The normalized spacial score (nSPS) is 21.4. The Morgan fingerprint density at radius 1 is 1.47 bits per heavy atom. The topological polar surface area (TPSA) is 75.6 Å². The zero-order valence-electron chi connectivity index (χ0n) is 9.51. The number of ether oxygens (including phenoxy) is 1. The molecule has 1 atom stereocenters. The Hall–Kier alpha value is -1.11. The first kappa shape index (κ1) is 12.3. The molecule has 1 aliphatic heterocycles. The monoisotopic (exact) mass is 257 g/mol. The van der Waals surface area contributed by atoms with Gasteiger partial charge in [0.2, 0.25) is 0 Å². The van der Waals surface area contributed by atoms with Gasteiger partial charge in [0, 0.05) is 19.3 Å². The fourth-order valence-corrected chi connectivity index (χ4v) is 2.58. The van der Waals surface area contributed by atoms with Gasteiger partial charge < -0.3 is 15.2 Å². The Balaban J connectivity index is 2.30. The van der Waals surface area contributed by atoms with Crippen LogP contribution in [0.15, 0.2) is 23.1 Å². The van der Waals surface area contributed by atoms with E-state index in [0.29, 0.717) is 13.2 Å². The van der Waals surface area contributed by atoms with Gasteiger partial charge in [-0.25, -0.2) is 8.42 Å². The first-order valence-corrected chi connectivity index (χ1v) is 7.23. The molecule has 1 saturated heterocycles. The number of nitrogens with one attached hydrogen (secondary N) is 1. The van der Waals surface area contributed by atoms with Crippen LogP contribution in [0.4, 0.5) is 0 Å². The van der Waals surface area contributed by atoms with Crippen LogP contribution in [-0.4, -0.2) is 39.5 Å². The Kier molecular flexibility index (Phi) is 3.37. The second-order valence-corrected chi connectivity index (χ2v) is 6.05. The SMILES string of the molecule is CS(=O)(=O)c1ccc(C2CNCCO2)cc1O. The van der Waals surface area contributed by atoms with E-state index in [4.69, 9.17) is 4.74 Å². The van der Waals surface area contributed by atoms with Crippen molar-refractivity contribution in [1.29, 1.82) is 0 Å². The zero-order valence-corrected chi connectivity index (χ0v) is 10.3. The number of hydrogen-bond acceptors (Lipinski definition) is 5. The molecule has 0 amide bonds. The van der Waals surface area contributed by atoms with Crippen LogP contribution in [0.1, 0.15) is 11.7 Å². The number of hydrogen-bond donors (Lipinski definition) is 2. The molecular weight excluding hydrogens is 242 g/mol. The predicted octanol–water partition coefficient (Wildman–Crippen LogP) is 0.457. The Morgan fingerprint density at radius 3 is 2.76 bits per heavy atom. The van der Waals surface area contributed by atoms with Crippen molar-refractivity contribution in [3.8, 4) is 5.75 Å². The molecule has 0 aromatic heterocycles. The number of phenolic OH excluding ortho intramolecular Hbond substituents is 1. The van der Waals surface area contributed by atoms with Crippen LogP contribution in [-0.2, 0) is 14.6 Å². The summed E-state index contributed by atoms with van der Waals surface area (Å²) in [5, 5.41) is 12.9. The van der Waals surface area contributed by atoms with E-state index in [1.807, 2.05) is 0 Å². The van der Waals surface area contributed by atoms with Crippen LogP contribution in [0.3, 0.4) is 0 Å². The Labute approximate surface area is 100 Å². The van der Waals surface area contributed by atoms with Gasteiger partial charge in [-0.1, -0.05) is 6.07 Å². The largest absolute Gasteiger partial charge is 0.507 e. The molecule has 2 N–H and O–H groups in total. The number of rotatable bonds is 2. The summed E-state index contributed by atoms with van der Waals surface area (Å²) >= 11 is 0. The van der Waals surface area contributed by atoms with Gasteiger partial charge in [0.1, 0.15) is 10.6 Å². The summed E-state index contributed by atoms with van der Waals surface area (Å²) in [7, 11) is -3.39. The molecule has 1 heterocycles. The van der Waals surface area contributed by atoms with Gasteiger partial charge in [-0.2, -0.15) is 0 Å². The van der Waals surface area contributed by atoms with E-state index < -0.39 is 9.84 Å². The van der Waals surface area contributed by atoms with Crippen molar-refractivity contribution in [1.82, 2.24) is 5.32 Å². The van der Waals surface area contributed by atoms with Crippen LogP contribution < -0.4 is 5.32 Å². The van der Waals surface area contributed by atoms with Crippen LogP contribution >= 0.6 is 0 Å². The average Bonchev–Trinajstić information content (AvgIpc) is 2.28. The van der Waals surface area contributed by atoms with Crippen molar-refractivity contribution in [2.24, 2.45) is 0 Å². The molecule has 0 spiro atoms. The Bertz CT molecular complexity index is 506. The minimum absolute atomic E-state index is 0.0509. The zero-order chi connectivity index (χ0) is 12.5. The highest BCUT2D eigenvalue weighted by molar-refractivity contribution is 7.90. The third-order valence-electron chi connectivity index (χ3n) is 2.68. The highest BCUT2D eigenvalue weighted by atomic mass is 32.2. The minimum Gasteiger partial charge on any atom is -0.507 e. The van der Waals surface area contributed by atoms with Crippen LogP contribution in [0.25, 0.3) is 0 Å². The van der Waals surface area contributed by atoms with Gasteiger partial charge in [0.15, 0.2) is 9.84 Å². The first-order valence-electron chi connectivity index (χ1n) is 5.34. The van der Waals surface area contributed by atoms with E-state index in [-0.39, 0.29) is 16.7 Å². The molecule has 0 saturated carbocycles. The van der Waals surface area contributed by atoms with E-state index in [1.165, 1.54) is 12.1 Å². The minimum atomic E-state index is -3.39. The number of benzene rings is 1. The summed E-state index contributed by atoms with van der Waals surface area (Å²) in [6.45, 7) is 2.08. The van der Waals surface area contributed by atoms with Crippen molar-refractivity contribution < 1.29 is 18.3 Å². The van der Waals surface area contributed by atoms with Gasteiger partial charge in [-0.15, -0.1) is 0 Å². The summed E-state index contributed by atoms with van der Waals surface area (Å²) in [6.07, 6.45) is 0.934. The third kappa shape index (κ3) is 2.77. The van der Waals surface area contributed by atoms with Gasteiger partial charge in [-0.05, 0) is 17.7 Å². The van der Waals surface area contributed by atoms with E-state index in [9.17, 15) is 13.5 Å². The molecule has 1 aromatic carbocycles. The lowest BCUT2D eigenvalue weighted by Crippen LogP contribution is -2.33. The molecule has 1 aromatic rings. The summed E-state index contributed by atoms with van der Waals surface area (Å²) < 4.78 is 28.2. The van der Waals surface area contributed by atoms with E-state index >= 15 is 0 Å². The van der Waals surface area contributed by atoms with Crippen LogP contribution in [0, 0.1) is 0 Å². The van der Waals surface area contributed by atoms with Gasteiger partial charge >= 0.3 is 0 Å². The lowest BCUT2D eigenvalue weighted by molar-refractivity contribution is 0.0275. The number of phenols is 1. The molecule has 0 bridgehead atoms. The molecule has 1 aliphatic rings. The standard InChI is InChI=1S/C11H15NO4S/c1-17(14,15)11-3-2-8(6-9(11)13)10-7-12-4-5-16-10/h2-3,6,10,12-13H,4-5,7H2,1H3. The van der Waals surface area contributed by atoms with Crippen LogP contribution in [0.2, 0.25) is 0 Å². The van der Waals surface area contributed by atoms with Gasteiger partial charge in [0.25, 0.3) is 0 Å². The van der Waals surface area contributed by atoms with Crippen molar-refractivity contribution in [2.45, 2.75) is 11.0 Å². The molecule has 94 valence electrons. The number of morpholine rings is 1. The van der Waals surface area contributed by atoms with Crippen molar-refractivity contribution in [3.05, 3.63) is 23.8 Å². The molecule has 5 nitrogen and oxygen atoms in total. The Morgan fingerprint density at radius 2 is 2.24 bits per heavy atom. The molecular formula is C11H15NO4S. The predicted molar refractivity (Wildman–Crippen MR) is 62.8 cm³/mol. The molecule has 0 radical (unpaired) electrons. The van der Waals surface area contributed by atoms with Gasteiger partial charge in [-0.3, -0.25) is 0 Å². The molecule has 0 aliphatic carbocycles. The van der Waals surface area contributed by atoms with Gasteiger partial charge in [0.05, 0.1) is 12.7 Å². The highest BCUT2D eigenvalue weighted by Gasteiger charge is 2.19. The van der Waals surface area contributed by atoms with Crippen LogP contribution in [0.5, 0.6) is 5.75 Å². The van der Waals surface area contributed by atoms with E-state index in [1.54, 1.807) is 6.07 Å². The third-order valence-corrected chi connectivity index (χ3v) is 3.83. The van der Waals surface area contributed by atoms with Crippen molar-refractivity contribution in [3.63, 3.8) is 0 Å². The molecule has 17 heavy (non-hydrogen) atoms. The van der Waals surface area contributed by atoms with Crippen molar-refractivity contribution >= 4 is 9.84 Å². The van der Waals surface area contributed by atoms with E-state index in [2.05, 4.69) is 5.32 Å². The number of sulfone groups is 1. The maximum Gasteiger partial charge on any atom is 0.179 e. The molecule has 1 unspecified atom stereocenters. The van der Waals surface area contributed by atoms with Crippen molar-refractivity contribution in [2.75, 3.05) is 26.0 Å². The highest BCUT2D eigenvalue weighted by Crippen LogP contribution is 2.28. The summed E-state index contributed by atoms with van der Waals surface area (Å²) in [5.74, 6) is -0.223. The lowest BCUT2D eigenvalue weighted by atomic mass is 10.1. The summed E-state index contributed by atoms with van der Waals surface area (Å²) in [4.78, 5) is -0.0509. The fourth-order valence-electron chi connectivity index (χ4n) is 1.83. The summed E-state index contributed by atoms with van der Waals surface area (Å²) in [6, 6.07) is 4.54. The fraction of sp³-hybridized carbons (Fsp3) is 0.455. The van der Waals surface area contributed by atoms with E-state index in [0.717, 1.165) is 18.4 Å². The lowest BCUT2D eigenvalue weighted by Gasteiger charge is -2.24. The first-order chi connectivity index (χ1) is 7.98. The quantitative estimate of drug-likeness (QED) is 0.805. The second kappa shape index (κ2) is 4.64. The summed E-state index contributed by atoms with van der Waals surface area (Å²) in [5.41, 5.74) is 0.780.